The summed E-state index contributed by atoms with van der Waals surface area (Å²) in [6, 6.07) is 0. The zero-order valence-electron chi connectivity index (χ0n) is 9.78. The standard InChI is InChI=1S/C13H22O2/c1-8(2)9-3-5-10(6-4-9)11-7-12(11)13(14)15/h8-12H,3-7H2,1-2H3,(H,14,15)/t9?,10?,11-,12+/m0/s1. The van der Waals surface area contributed by atoms with Gasteiger partial charge in [-0.3, -0.25) is 4.79 Å². The van der Waals surface area contributed by atoms with Crippen LogP contribution in [0, 0.1) is 29.6 Å². The van der Waals surface area contributed by atoms with Crippen LogP contribution in [-0.4, -0.2) is 11.1 Å². The molecule has 0 aromatic heterocycles. The molecule has 2 nitrogen and oxygen atoms in total. The third-order valence-corrected chi connectivity index (χ3v) is 4.52. The van der Waals surface area contributed by atoms with Gasteiger partial charge in [0.05, 0.1) is 5.92 Å². The van der Waals surface area contributed by atoms with Crippen molar-refractivity contribution >= 4 is 5.97 Å². The first-order valence-electron chi connectivity index (χ1n) is 6.32. The molecule has 0 aliphatic heterocycles. The van der Waals surface area contributed by atoms with E-state index in [2.05, 4.69) is 13.8 Å². The lowest BCUT2D eigenvalue weighted by Crippen LogP contribution is -2.20. The maximum Gasteiger partial charge on any atom is 0.306 e. The van der Waals surface area contributed by atoms with Gasteiger partial charge in [0.25, 0.3) is 0 Å². The van der Waals surface area contributed by atoms with Crippen molar-refractivity contribution in [1.29, 1.82) is 0 Å². The summed E-state index contributed by atoms with van der Waals surface area (Å²) < 4.78 is 0. The molecular weight excluding hydrogens is 188 g/mol. The number of hydrogen-bond donors (Lipinski definition) is 1. The van der Waals surface area contributed by atoms with Crippen molar-refractivity contribution in [3.05, 3.63) is 0 Å². The molecule has 0 amide bonds. The minimum absolute atomic E-state index is 0.00519. The summed E-state index contributed by atoms with van der Waals surface area (Å²) in [5, 5.41) is 8.89. The van der Waals surface area contributed by atoms with Crippen LogP contribution in [0.4, 0.5) is 0 Å². The fourth-order valence-corrected chi connectivity index (χ4v) is 3.26. The molecule has 86 valence electrons. The molecule has 0 aromatic carbocycles. The van der Waals surface area contributed by atoms with E-state index in [1.807, 2.05) is 0 Å². The molecule has 0 aromatic rings. The van der Waals surface area contributed by atoms with Crippen molar-refractivity contribution in [2.24, 2.45) is 29.6 Å². The third-order valence-electron chi connectivity index (χ3n) is 4.52. The molecule has 2 rings (SSSR count). The lowest BCUT2D eigenvalue weighted by atomic mass is 9.75. The second kappa shape index (κ2) is 4.15. The van der Waals surface area contributed by atoms with E-state index in [4.69, 9.17) is 5.11 Å². The van der Waals surface area contributed by atoms with Crippen molar-refractivity contribution in [1.82, 2.24) is 0 Å². The number of hydrogen-bond acceptors (Lipinski definition) is 1. The number of rotatable bonds is 3. The van der Waals surface area contributed by atoms with Crippen LogP contribution in [-0.2, 0) is 4.79 Å². The molecule has 0 spiro atoms. The largest absolute Gasteiger partial charge is 0.481 e. The van der Waals surface area contributed by atoms with Gasteiger partial charge in [-0.15, -0.1) is 0 Å². The van der Waals surface area contributed by atoms with Crippen molar-refractivity contribution in [2.75, 3.05) is 0 Å². The lowest BCUT2D eigenvalue weighted by molar-refractivity contribution is -0.139. The second-order valence-corrected chi connectivity index (χ2v) is 5.76. The summed E-state index contributed by atoms with van der Waals surface area (Å²) in [7, 11) is 0. The number of aliphatic carboxylic acids is 1. The van der Waals surface area contributed by atoms with Crippen LogP contribution in [0.3, 0.4) is 0 Å². The van der Waals surface area contributed by atoms with Crippen LogP contribution in [0.5, 0.6) is 0 Å². The summed E-state index contributed by atoms with van der Waals surface area (Å²) in [6.07, 6.45) is 6.15. The van der Waals surface area contributed by atoms with Gasteiger partial charge in [-0.1, -0.05) is 13.8 Å². The van der Waals surface area contributed by atoms with Crippen molar-refractivity contribution in [2.45, 2.75) is 46.0 Å². The van der Waals surface area contributed by atoms with Crippen LogP contribution < -0.4 is 0 Å². The summed E-state index contributed by atoms with van der Waals surface area (Å²) in [5.41, 5.74) is 0. The van der Waals surface area contributed by atoms with E-state index in [0.29, 0.717) is 5.92 Å². The minimum atomic E-state index is -0.564. The van der Waals surface area contributed by atoms with Gasteiger partial charge in [-0.2, -0.15) is 0 Å². The maximum atomic E-state index is 10.8. The van der Waals surface area contributed by atoms with Crippen molar-refractivity contribution < 1.29 is 9.90 Å². The predicted molar refractivity (Wildman–Crippen MR) is 59.5 cm³/mol. The molecule has 0 bridgehead atoms. The highest BCUT2D eigenvalue weighted by molar-refractivity contribution is 5.73. The Balaban J connectivity index is 1.78. The van der Waals surface area contributed by atoms with Crippen molar-refractivity contribution in [3.63, 3.8) is 0 Å². The van der Waals surface area contributed by atoms with E-state index in [-0.39, 0.29) is 5.92 Å². The highest BCUT2D eigenvalue weighted by atomic mass is 16.4. The summed E-state index contributed by atoms with van der Waals surface area (Å²) in [6.45, 7) is 4.62. The van der Waals surface area contributed by atoms with Gasteiger partial charge in [0.1, 0.15) is 0 Å². The second-order valence-electron chi connectivity index (χ2n) is 5.76. The van der Waals surface area contributed by atoms with E-state index in [9.17, 15) is 4.79 Å². The van der Waals surface area contributed by atoms with E-state index in [1.165, 1.54) is 25.7 Å². The molecule has 2 saturated carbocycles. The number of carboxylic acids is 1. The summed E-state index contributed by atoms with van der Waals surface area (Å²) in [5.74, 6) is 2.39. The zero-order valence-corrected chi connectivity index (χ0v) is 9.78. The van der Waals surface area contributed by atoms with Gasteiger partial charge < -0.3 is 5.11 Å². The average molecular weight is 210 g/mol. The molecule has 2 heteroatoms. The topological polar surface area (TPSA) is 37.3 Å². The first kappa shape index (κ1) is 11.0. The summed E-state index contributed by atoms with van der Waals surface area (Å²) >= 11 is 0. The molecule has 2 atom stereocenters. The normalized spacial score (nSPS) is 40.5. The van der Waals surface area contributed by atoms with Crippen LogP contribution in [0.25, 0.3) is 0 Å². The molecule has 0 radical (unpaired) electrons. The third kappa shape index (κ3) is 2.35. The fourth-order valence-electron chi connectivity index (χ4n) is 3.26. The number of carbonyl (C=O) groups is 1. The number of carboxylic acid groups (broad SMARTS) is 1. The van der Waals surface area contributed by atoms with Crippen LogP contribution in [0.1, 0.15) is 46.0 Å². The van der Waals surface area contributed by atoms with Gasteiger partial charge in [0.15, 0.2) is 0 Å². The van der Waals surface area contributed by atoms with Gasteiger partial charge in [-0.25, -0.2) is 0 Å². The Kier molecular flexibility index (Phi) is 3.03. The van der Waals surface area contributed by atoms with E-state index >= 15 is 0 Å². The first-order valence-corrected chi connectivity index (χ1v) is 6.32. The Morgan fingerprint density at radius 1 is 1.20 bits per heavy atom. The molecule has 0 saturated heterocycles. The molecule has 2 aliphatic carbocycles. The fraction of sp³-hybridized carbons (Fsp3) is 0.923. The Morgan fingerprint density at radius 3 is 2.20 bits per heavy atom. The Labute approximate surface area is 92.1 Å². The smallest absolute Gasteiger partial charge is 0.306 e. The van der Waals surface area contributed by atoms with E-state index < -0.39 is 5.97 Å². The van der Waals surface area contributed by atoms with Crippen molar-refractivity contribution in [3.8, 4) is 0 Å². The Bertz CT molecular complexity index is 239. The Morgan fingerprint density at radius 2 is 1.80 bits per heavy atom. The molecule has 2 aliphatic rings. The monoisotopic (exact) mass is 210 g/mol. The molecule has 2 fully saturated rings. The van der Waals surface area contributed by atoms with Gasteiger partial charge >= 0.3 is 5.97 Å². The minimum Gasteiger partial charge on any atom is -0.481 e. The summed E-state index contributed by atoms with van der Waals surface area (Å²) in [4.78, 5) is 10.8. The van der Waals surface area contributed by atoms with Gasteiger partial charge in [0.2, 0.25) is 0 Å². The Hall–Kier alpha value is -0.530. The van der Waals surface area contributed by atoms with Gasteiger partial charge in [-0.05, 0) is 55.8 Å². The van der Waals surface area contributed by atoms with Crippen LogP contribution >= 0.6 is 0 Å². The highest BCUT2D eigenvalue weighted by Gasteiger charge is 2.48. The quantitative estimate of drug-likeness (QED) is 0.776. The van der Waals surface area contributed by atoms with E-state index in [0.717, 1.165) is 24.2 Å². The SMILES string of the molecule is CC(C)C1CCC([C@@H]2C[C@H]2C(=O)O)CC1. The molecule has 0 unspecified atom stereocenters. The molecular formula is C13H22O2. The van der Waals surface area contributed by atoms with Gasteiger partial charge in [0, 0.05) is 0 Å². The molecule has 0 heterocycles. The first-order chi connectivity index (χ1) is 7.09. The predicted octanol–water partition coefficient (Wildman–Crippen LogP) is 3.17. The average Bonchev–Trinajstić information content (AvgIpc) is 2.97. The molecule has 15 heavy (non-hydrogen) atoms. The van der Waals surface area contributed by atoms with Crippen LogP contribution in [0.15, 0.2) is 0 Å². The molecule has 1 N–H and O–H groups in total. The van der Waals surface area contributed by atoms with Crippen LogP contribution in [0.2, 0.25) is 0 Å². The maximum absolute atomic E-state index is 10.8. The zero-order chi connectivity index (χ0) is 11.0. The lowest BCUT2D eigenvalue weighted by Gasteiger charge is -2.31. The highest BCUT2D eigenvalue weighted by Crippen LogP contribution is 2.50. The van der Waals surface area contributed by atoms with E-state index in [1.54, 1.807) is 0 Å².